The second-order valence-electron chi connectivity index (χ2n) is 4.91. The number of amides is 2. The smallest absolute Gasteiger partial charge is 0.327 e. The Morgan fingerprint density at radius 2 is 2.05 bits per heavy atom. The molecule has 2 rings (SSSR count). The zero-order valence-electron chi connectivity index (χ0n) is 11.5. The van der Waals surface area contributed by atoms with Crippen LogP contribution in [0.25, 0.3) is 0 Å². The summed E-state index contributed by atoms with van der Waals surface area (Å²) in [6, 6.07) is 6.71. The van der Waals surface area contributed by atoms with Crippen LogP contribution < -0.4 is 5.32 Å². The van der Waals surface area contributed by atoms with E-state index in [1.807, 2.05) is 38.1 Å². The van der Waals surface area contributed by atoms with E-state index in [-0.39, 0.29) is 12.1 Å². The van der Waals surface area contributed by atoms with Crippen molar-refractivity contribution in [2.45, 2.75) is 25.9 Å². The molecule has 0 spiro atoms. The van der Waals surface area contributed by atoms with Gasteiger partial charge in [-0.3, -0.25) is 0 Å². The number of carbonyl (C=O) groups is 2. The van der Waals surface area contributed by atoms with E-state index in [4.69, 9.17) is 5.11 Å². The summed E-state index contributed by atoms with van der Waals surface area (Å²) in [6.07, 6.45) is 0. The first-order valence-electron chi connectivity index (χ1n) is 6.43. The van der Waals surface area contributed by atoms with E-state index in [0.29, 0.717) is 11.6 Å². The number of hydrogen-bond acceptors (Lipinski definition) is 3. The van der Waals surface area contributed by atoms with E-state index < -0.39 is 12.0 Å². The summed E-state index contributed by atoms with van der Waals surface area (Å²) in [7, 11) is 0. The van der Waals surface area contributed by atoms with Gasteiger partial charge in [0, 0.05) is 5.75 Å². The lowest BCUT2D eigenvalue weighted by atomic mass is 10.1. The Balaban J connectivity index is 2.00. The Morgan fingerprint density at radius 3 is 2.65 bits per heavy atom. The molecule has 1 fully saturated rings. The van der Waals surface area contributed by atoms with Gasteiger partial charge in [-0.15, -0.1) is 11.8 Å². The van der Waals surface area contributed by atoms with Crippen LogP contribution in [-0.2, 0) is 4.79 Å². The molecule has 0 aromatic heterocycles. The molecule has 6 heteroatoms. The van der Waals surface area contributed by atoms with Gasteiger partial charge in [0.15, 0.2) is 0 Å². The quantitative estimate of drug-likeness (QED) is 0.897. The molecule has 1 saturated heterocycles. The lowest BCUT2D eigenvalue weighted by Crippen LogP contribution is -2.47. The molecule has 2 atom stereocenters. The van der Waals surface area contributed by atoms with Gasteiger partial charge in [-0.1, -0.05) is 29.8 Å². The second-order valence-corrected chi connectivity index (χ2v) is 5.91. The molecule has 0 saturated carbocycles. The number of carbonyl (C=O) groups excluding carboxylic acids is 1. The van der Waals surface area contributed by atoms with Crippen LogP contribution in [-0.4, -0.2) is 39.7 Å². The van der Waals surface area contributed by atoms with Crippen LogP contribution in [0, 0.1) is 6.92 Å². The van der Waals surface area contributed by atoms with Crippen LogP contribution in [0.1, 0.15) is 24.1 Å². The maximum Gasteiger partial charge on any atom is 0.327 e. The first kappa shape index (κ1) is 14.7. The van der Waals surface area contributed by atoms with Crippen molar-refractivity contribution in [1.82, 2.24) is 10.2 Å². The van der Waals surface area contributed by atoms with Crippen LogP contribution in [0.2, 0.25) is 0 Å². The second kappa shape index (κ2) is 6.17. The van der Waals surface area contributed by atoms with Crippen LogP contribution in [0.15, 0.2) is 24.3 Å². The van der Waals surface area contributed by atoms with Gasteiger partial charge in [0.05, 0.1) is 11.9 Å². The molecule has 0 aliphatic carbocycles. The van der Waals surface area contributed by atoms with Gasteiger partial charge in [0.25, 0.3) is 0 Å². The topological polar surface area (TPSA) is 69.6 Å². The van der Waals surface area contributed by atoms with Crippen LogP contribution >= 0.6 is 11.8 Å². The minimum atomic E-state index is -0.951. The fourth-order valence-electron chi connectivity index (χ4n) is 2.05. The zero-order chi connectivity index (χ0) is 14.7. The summed E-state index contributed by atoms with van der Waals surface area (Å²) >= 11 is 1.46. The third kappa shape index (κ3) is 3.25. The number of benzene rings is 1. The largest absolute Gasteiger partial charge is 0.480 e. The fraction of sp³-hybridized carbons (Fsp3) is 0.429. The zero-order valence-corrected chi connectivity index (χ0v) is 12.3. The van der Waals surface area contributed by atoms with Crippen molar-refractivity contribution in [3.63, 3.8) is 0 Å². The molecule has 1 aromatic rings. The molecule has 2 N–H and O–H groups in total. The van der Waals surface area contributed by atoms with E-state index in [2.05, 4.69) is 5.32 Å². The summed E-state index contributed by atoms with van der Waals surface area (Å²) in [6.45, 7) is 3.90. The molecule has 0 bridgehead atoms. The van der Waals surface area contributed by atoms with Crippen molar-refractivity contribution in [1.29, 1.82) is 0 Å². The van der Waals surface area contributed by atoms with Crippen LogP contribution in [0.4, 0.5) is 4.79 Å². The predicted octanol–water partition coefficient (Wildman–Crippen LogP) is 2.23. The number of carboxylic acid groups (broad SMARTS) is 1. The molecule has 0 radical (unpaired) electrons. The van der Waals surface area contributed by atoms with Crippen LogP contribution in [0.5, 0.6) is 0 Å². The van der Waals surface area contributed by atoms with Crippen molar-refractivity contribution < 1.29 is 14.7 Å². The molecule has 1 unspecified atom stereocenters. The molecule has 20 heavy (non-hydrogen) atoms. The van der Waals surface area contributed by atoms with E-state index in [1.54, 1.807) is 0 Å². The Hall–Kier alpha value is -1.69. The van der Waals surface area contributed by atoms with E-state index in [1.165, 1.54) is 16.7 Å². The maximum atomic E-state index is 12.1. The van der Waals surface area contributed by atoms with Crippen molar-refractivity contribution in [3.8, 4) is 0 Å². The first-order chi connectivity index (χ1) is 9.49. The predicted molar refractivity (Wildman–Crippen MR) is 78.7 cm³/mol. The van der Waals surface area contributed by atoms with Crippen molar-refractivity contribution in [3.05, 3.63) is 35.4 Å². The van der Waals surface area contributed by atoms with Crippen molar-refractivity contribution >= 4 is 23.8 Å². The summed E-state index contributed by atoms with van der Waals surface area (Å²) in [5.74, 6) is -0.0846. The Morgan fingerprint density at radius 1 is 1.40 bits per heavy atom. The average molecular weight is 294 g/mol. The molecule has 1 aliphatic heterocycles. The number of hydrogen-bond donors (Lipinski definition) is 2. The maximum absolute atomic E-state index is 12.1. The van der Waals surface area contributed by atoms with Gasteiger partial charge >= 0.3 is 12.0 Å². The number of thioether (sulfide) groups is 1. The first-order valence-corrected chi connectivity index (χ1v) is 7.58. The number of aliphatic carboxylic acids is 1. The lowest BCUT2D eigenvalue weighted by Gasteiger charge is -2.23. The summed E-state index contributed by atoms with van der Waals surface area (Å²) < 4.78 is 0. The third-order valence-corrected chi connectivity index (χ3v) is 4.36. The Bertz CT molecular complexity index is 504. The standard InChI is InChI=1S/C14H18N2O3S/c1-9-3-5-11(6-4-9)10(2)15-14(19)16-8-20-7-12(16)13(17)18/h3-6,10,12H,7-8H2,1-2H3,(H,15,19)(H,17,18)/t10?,12-/m0/s1. The SMILES string of the molecule is Cc1ccc(C(C)NC(=O)N2CSC[C@H]2C(=O)O)cc1. The van der Waals surface area contributed by atoms with E-state index in [9.17, 15) is 9.59 Å². The van der Waals surface area contributed by atoms with Crippen molar-refractivity contribution in [2.75, 3.05) is 11.6 Å². The third-order valence-electron chi connectivity index (χ3n) is 3.35. The highest BCUT2D eigenvalue weighted by atomic mass is 32.2. The Kier molecular flexibility index (Phi) is 4.54. The molecule has 1 aromatic carbocycles. The van der Waals surface area contributed by atoms with Gasteiger partial charge in [-0.25, -0.2) is 9.59 Å². The molecule has 1 aliphatic rings. The molecule has 1 heterocycles. The number of carboxylic acids is 1. The monoisotopic (exact) mass is 294 g/mol. The number of nitrogens with zero attached hydrogens (tertiary/aromatic N) is 1. The molecule has 108 valence electrons. The molecular weight excluding hydrogens is 276 g/mol. The van der Waals surface area contributed by atoms with Gasteiger partial charge in [-0.05, 0) is 19.4 Å². The highest BCUT2D eigenvalue weighted by Gasteiger charge is 2.34. The number of nitrogens with one attached hydrogen (secondary N) is 1. The van der Waals surface area contributed by atoms with Gasteiger partial charge < -0.3 is 15.3 Å². The van der Waals surface area contributed by atoms with Gasteiger partial charge in [0.2, 0.25) is 0 Å². The summed E-state index contributed by atoms with van der Waals surface area (Å²) in [5.41, 5.74) is 2.16. The molecule has 5 nitrogen and oxygen atoms in total. The average Bonchev–Trinajstić information content (AvgIpc) is 2.88. The van der Waals surface area contributed by atoms with Crippen LogP contribution in [0.3, 0.4) is 0 Å². The number of urea groups is 1. The lowest BCUT2D eigenvalue weighted by molar-refractivity contribution is -0.140. The van der Waals surface area contributed by atoms with E-state index >= 15 is 0 Å². The normalized spacial score (nSPS) is 19.7. The minimum absolute atomic E-state index is 0.150. The number of rotatable bonds is 3. The minimum Gasteiger partial charge on any atom is -0.480 e. The van der Waals surface area contributed by atoms with E-state index in [0.717, 1.165) is 11.1 Å². The highest BCUT2D eigenvalue weighted by molar-refractivity contribution is 7.99. The summed E-state index contributed by atoms with van der Waals surface area (Å²) in [5, 5.41) is 11.9. The van der Waals surface area contributed by atoms with Gasteiger partial charge in [-0.2, -0.15) is 0 Å². The van der Waals surface area contributed by atoms with Crippen molar-refractivity contribution in [2.24, 2.45) is 0 Å². The molecule has 2 amide bonds. The fourth-order valence-corrected chi connectivity index (χ4v) is 3.20. The molecular formula is C14H18N2O3S. The number of aryl methyl sites for hydroxylation is 1. The highest BCUT2D eigenvalue weighted by Crippen LogP contribution is 2.22. The van der Waals surface area contributed by atoms with Gasteiger partial charge in [0.1, 0.15) is 6.04 Å². The summed E-state index contributed by atoms with van der Waals surface area (Å²) in [4.78, 5) is 24.6. The Labute approximate surface area is 122 Å².